The van der Waals surface area contributed by atoms with Crippen LogP contribution in [0.1, 0.15) is 55.3 Å². The minimum absolute atomic E-state index is 0.230. The van der Waals surface area contributed by atoms with Crippen molar-refractivity contribution >= 4 is 66.3 Å². The highest BCUT2D eigenvalue weighted by Crippen LogP contribution is 2.43. The van der Waals surface area contributed by atoms with Gasteiger partial charge in [0.25, 0.3) is 23.6 Å². The monoisotopic (exact) mass is 478 g/mol. The number of carbonyl (C=O) groups excluding carboxylic acids is 4. The van der Waals surface area contributed by atoms with Crippen LogP contribution in [-0.2, 0) is 0 Å². The number of carbonyl (C=O) groups is 4. The molecule has 0 bridgehead atoms. The number of hydrogen-bond acceptors (Lipinski definition) is 4. The second-order valence-corrected chi connectivity index (χ2v) is 7.73. The van der Waals surface area contributed by atoms with Gasteiger partial charge in [-0.05, 0) is 57.8 Å². The smallest absolute Gasteiger partial charge is 0.262 e. The molecule has 2 aromatic carbocycles. The fraction of sp³-hybridized carbons (Fsp3) is 0.222. The molecule has 0 atom stereocenters. The summed E-state index contributed by atoms with van der Waals surface area (Å²) >= 11 is 6.76. The highest BCUT2D eigenvalue weighted by molar-refractivity contribution is 9.10. The molecule has 2 aliphatic heterocycles. The molecule has 26 heavy (non-hydrogen) atoms. The first kappa shape index (κ1) is 17.4. The van der Waals surface area contributed by atoms with Crippen LogP contribution in [0.25, 0.3) is 10.8 Å². The molecule has 8 heteroatoms. The molecule has 2 aliphatic rings. The molecule has 0 saturated heterocycles. The molecule has 0 saturated carbocycles. The third kappa shape index (κ3) is 1.97. The maximum Gasteiger partial charge on any atom is 0.262 e. The van der Waals surface area contributed by atoms with Gasteiger partial charge in [-0.3, -0.25) is 29.0 Å². The summed E-state index contributed by atoms with van der Waals surface area (Å²) < 4.78 is 0.869. The zero-order chi connectivity index (χ0) is 18.9. The Labute approximate surface area is 165 Å². The normalized spacial score (nSPS) is 16.2. The average Bonchev–Trinajstić information content (AvgIpc) is 2.59. The van der Waals surface area contributed by atoms with Crippen LogP contribution in [0.4, 0.5) is 0 Å². The van der Waals surface area contributed by atoms with E-state index in [0.29, 0.717) is 42.0 Å². The van der Waals surface area contributed by atoms with E-state index in [1.165, 1.54) is 0 Å². The first-order valence-corrected chi connectivity index (χ1v) is 9.63. The highest BCUT2D eigenvalue weighted by atomic mass is 79.9. The third-order valence-electron chi connectivity index (χ3n) is 4.81. The van der Waals surface area contributed by atoms with E-state index in [9.17, 15) is 19.2 Å². The number of nitrogens with zero attached hydrogens (tertiary/aromatic N) is 2. The van der Waals surface area contributed by atoms with Crippen LogP contribution < -0.4 is 0 Å². The number of imide groups is 2. The minimum Gasteiger partial charge on any atom is -0.275 e. The molecule has 0 aromatic heterocycles. The number of rotatable bonds is 2. The van der Waals surface area contributed by atoms with E-state index in [0.717, 1.165) is 9.80 Å². The van der Waals surface area contributed by atoms with Gasteiger partial charge in [-0.2, -0.15) is 0 Å². The fourth-order valence-electron chi connectivity index (χ4n) is 3.64. The molecule has 6 nitrogen and oxygen atoms in total. The van der Waals surface area contributed by atoms with Crippen LogP contribution in [0.3, 0.4) is 0 Å². The van der Waals surface area contributed by atoms with Gasteiger partial charge in [0.2, 0.25) is 0 Å². The van der Waals surface area contributed by atoms with Crippen LogP contribution in [0.2, 0.25) is 0 Å². The van der Waals surface area contributed by atoms with E-state index in [1.807, 2.05) is 0 Å². The molecule has 0 unspecified atom stereocenters. The van der Waals surface area contributed by atoms with Crippen LogP contribution in [0.15, 0.2) is 21.1 Å². The number of amides is 4. The Hall–Kier alpha value is -2.06. The van der Waals surface area contributed by atoms with E-state index >= 15 is 0 Å². The molecule has 0 N–H and O–H groups in total. The van der Waals surface area contributed by atoms with Crippen LogP contribution in [-0.4, -0.2) is 46.5 Å². The van der Waals surface area contributed by atoms with E-state index in [-0.39, 0.29) is 13.1 Å². The predicted molar refractivity (Wildman–Crippen MR) is 101 cm³/mol. The first-order valence-electron chi connectivity index (χ1n) is 8.04. The largest absolute Gasteiger partial charge is 0.275 e. The van der Waals surface area contributed by atoms with Crippen molar-refractivity contribution in [2.24, 2.45) is 0 Å². The summed E-state index contributed by atoms with van der Waals surface area (Å²) in [6, 6.07) is 3.13. The molecular formula is C18H12Br2N2O4. The average molecular weight is 480 g/mol. The molecule has 2 aromatic rings. The Morgan fingerprint density at radius 1 is 0.692 bits per heavy atom. The number of benzene rings is 2. The Balaban J connectivity index is 2.24. The van der Waals surface area contributed by atoms with Crippen molar-refractivity contribution in [2.75, 3.05) is 13.1 Å². The van der Waals surface area contributed by atoms with Crippen LogP contribution in [0, 0.1) is 0 Å². The molecular weight excluding hydrogens is 468 g/mol. The minimum atomic E-state index is -0.436. The lowest BCUT2D eigenvalue weighted by Gasteiger charge is -2.32. The Kier molecular flexibility index (Phi) is 3.82. The molecule has 4 rings (SSSR count). The van der Waals surface area contributed by atoms with Gasteiger partial charge in [0.05, 0.1) is 11.1 Å². The van der Waals surface area contributed by atoms with Crippen molar-refractivity contribution < 1.29 is 19.2 Å². The Morgan fingerprint density at radius 3 is 1.35 bits per heavy atom. The molecule has 2 heterocycles. The Bertz CT molecular complexity index is 992. The molecule has 132 valence electrons. The first-order chi connectivity index (χ1) is 12.3. The standard InChI is InChI=1S/C18H12Br2N2O4/c1-3-21-15(23)7-5-10(20)14-12-8(16(24)22(4-2)18(14)26)6-9(19)13(11(7)12)17(21)25/h5-6H,3-4H2,1-2H3. The number of halogens is 2. The molecule has 0 radical (unpaired) electrons. The van der Waals surface area contributed by atoms with Crippen molar-refractivity contribution in [1.29, 1.82) is 0 Å². The number of hydrogen-bond donors (Lipinski definition) is 0. The summed E-state index contributed by atoms with van der Waals surface area (Å²) in [6.45, 7) is 3.90. The summed E-state index contributed by atoms with van der Waals surface area (Å²) in [5.74, 6) is -1.73. The van der Waals surface area contributed by atoms with Gasteiger partial charge in [-0.1, -0.05) is 0 Å². The SMILES string of the molecule is CCN1C(=O)c2cc(Br)c3c4c(cc(Br)c(c24)C1=O)C(=O)N(CC)C3=O. The summed E-state index contributed by atoms with van der Waals surface area (Å²) in [7, 11) is 0. The van der Waals surface area contributed by atoms with Gasteiger partial charge in [0.1, 0.15) is 0 Å². The topological polar surface area (TPSA) is 74.8 Å². The second kappa shape index (κ2) is 5.72. The van der Waals surface area contributed by atoms with Crippen LogP contribution >= 0.6 is 31.9 Å². The molecule has 0 spiro atoms. The maximum atomic E-state index is 12.8. The summed E-state index contributed by atoms with van der Waals surface area (Å²) in [6.07, 6.45) is 0. The van der Waals surface area contributed by atoms with Gasteiger partial charge in [-0.15, -0.1) is 0 Å². The summed E-state index contributed by atoms with van der Waals surface area (Å²) in [5, 5.41) is 0.731. The van der Waals surface area contributed by atoms with Crippen LogP contribution in [0.5, 0.6) is 0 Å². The lowest BCUT2D eigenvalue weighted by Crippen LogP contribution is -2.43. The summed E-state index contributed by atoms with van der Waals surface area (Å²) in [4.78, 5) is 53.6. The quantitative estimate of drug-likeness (QED) is 0.617. The van der Waals surface area contributed by atoms with Gasteiger partial charge >= 0.3 is 0 Å². The Morgan fingerprint density at radius 2 is 1.04 bits per heavy atom. The summed E-state index contributed by atoms with van der Waals surface area (Å²) in [5.41, 5.74) is 1.22. The predicted octanol–water partition coefficient (Wildman–Crippen LogP) is 3.60. The van der Waals surface area contributed by atoms with E-state index in [2.05, 4.69) is 31.9 Å². The molecule has 0 fully saturated rings. The lowest BCUT2D eigenvalue weighted by molar-refractivity contribution is 0.0596. The van der Waals surface area contributed by atoms with Gasteiger partial charge < -0.3 is 0 Å². The van der Waals surface area contributed by atoms with Crippen molar-refractivity contribution in [3.8, 4) is 0 Å². The van der Waals surface area contributed by atoms with E-state index in [4.69, 9.17) is 0 Å². The van der Waals surface area contributed by atoms with Crippen molar-refractivity contribution in [3.63, 3.8) is 0 Å². The van der Waals surface area contributed by atoms with E-state index < -0.39 is 23.6 Å². The highest BCUT2D eigenvalue weighted by Gasteiger charge is 2.41. The van der Waals surface area contributed by atoms with E-state index in [1.54, 1.807) is 26.0 Å². The van der Waals surface area contributed by atoms with Crippen molar-refractivity contribution in [2.45, 2.75) is 13.8 Å². The van der Waals surface area contributed by atoms with Gasteiger partial charge in [-0.25, -0.2) is 0 Å². The molecule has 4 amide bonds. The fourth-order valence-corrected chi connectivity index (χ4v) is 4.84. The van der Waals surface area contributed by atoms with Crippen molar-refractivity contribution in [1.82, 2.24) is 9.80 Å². The van der Waals surface area contributed by atoms with Gasteiger partial charge in [0.15, 0.2) is 0 Å². The van der Waals surface area contributed by atoms with Gasteiger partial charge in [0, 0.05) is 43.9 Å². The molecule has 0 aliphatic carbocycles. The second-order valence-electron chi connectivity index (χ2n) is 6.02. The van der Waals surface area contributed by atoms with Crippen molar-refractivity contribution in [3.05, 3.63) is 43.3 Å². The maximum absolute atomic E-state index is 12.8. The third-order valence-corrected chi connectivity index (χ3v) is 6.06. The zero-order valence-corrected chi connectivity index (χ0v) is 17.0. The lowest BCUT2D eigenvalue weighted by atomic mass is 9.86. The zero-order valence-electron chi connectivity index (χ0n) is 13.9.